The highest BCUT2D eigenvalue weighted by Gasteiger charge is 2.29. The Balaban J connectivity index is 1.35. The zero-order chi connectivity index (χ0) is 23.6. The Kier molecular flexibility index (Phi) is 8.83. The maximum absolute atomic E-state index is 12.2. The molecule has 2 aromatic rings. The van der Waals surface area contributed by atoms with Crippen molar-refractivity contribution in [2.75, 3.05) is 32.9 Å². The number of carbonyl (C=O) groups excluding carboxylic acids is 2. The number of alkyl carbamates (subject to hydrolysis) is 1. The van der Waals surface area contributed by atoms with Gasteiger partial charge < -0.3 is 25.2 Å². The highest BCUT2D eigenvalue weighted by atomic mass is 16.5. The molecule has 3 N–H and O–H groups in total. The van der Waals surface area contributed by atoms with Crippen molar-refractivity contribution in [2.24, 2.45) is 5.92 Å². The Hall–Kier alpha value is -3.39. The molecule has 8 heteroatoms. The predicted octanol–water partition coefficient (Wildman–Crippen LogP) is 3.16. The number of aliphatic carboxylic acids is 1. The van der Waals surface area contributed by atoms with Gasteiger partial charge in [-0.05, 0) is 28.2 Å². The van der Waals surface area contributed by atoms with E-state index in [4.69, 9.17) is 14.6 Å². The SMILES string of the molecule is CC(CNC(=O)OCC1c2ccccc2-c2ccccc21)CC(=O)NCCOCCC(=O)O. The Morgan fingerprint density at radius 3 is 2.24 bits per heavy atom. The summed E-state index contributed by atoms with van der Waals surface area (Å²) in [5.74, 6) is -1.14. The first-order valence-electron chi connectivity index (χ1n) is 11.1. The summed E-state index contributed by atoms with van der Waals surface area (Å²) in [6.45, 7) is 3.12. The first-order chi connectivity index (χ1) is 16.0. The highest BCUT2D eigenvalue weighted by molar-refractivity contribution is 5.79. The molecule has 1 atom stereocenters. The molecule has 33 heavy (non-hydrogen) atoms. The van der Waals surface area contributed by atoms with Crippen molar-refractivity contribution >= 4 is 18.0 Å². The van der Waals surface area contributed by atoms with Gasteiger partial charge in [0.1, 0.15) is 6.61 Å². The fourth-order valence-electron chi connectivity index (χ4n) is 3.89. The molecule has 1 aliphatic carbocycles. The summed E-state index contributed by atoms with van der Waals surface area (Å²) < 4.78 is 10.6. The van der Waals surface area contributed by atoms with Crippen LogP contribution >= 0.6 is 0 Å². The van der Waals surface area contributed by atoms with Gasteiger partial charge in [0.25, 0.3) is 0 Å². The monoisotopic (exact) mass is 454 g/mol. The van der Waals surface area contributed by atoms with E-state index in [2.05, 4.69) is 34.9 Å². The molecule has 2 aromatic carbocycles. The summed E-state index contributed by atoms with van der Waals surface area (Å²) in [7, 11) is 0. The van der Waals surface area contributed by atoms with Crippen molar-refractivity contribution in [3.63, 3.8) is 0 Å². The molecular formula is C25H30N2O6. The maximum Gasteiger partial charge on any atom is 0.407 e. The molecule has 176 valence electrons. The third kappa shape index (κ3) is 7.05. The summed E-state index contributed by atoms with van der Waals surface area (Å²) in [4.78, 5) is 34.6. The van der Waals surface area contributed by atoms with E-state index in [-0.39, 0.29) is 50.4 Å². The van der Waals surface area contributed by atoms with Crippen LogP contribution in [0.15, 0.2) is 48.5 Å². The average Bonchev–Trinajstić information content (AvgIpc) is 3.12. The fraction of sp³-hybridized carbons (Fsp3) is 0.400. The second-order valence-electron chi connectivity index (χ2n) is 8.12. The van der Waals surface area contributed by atoms with Gasteiger partial charge in [-0.15, -0.1) is 0 Å². The van der Waals surface area contributed by atoms with Gasteiger partial charge >= 0.3 is 12.1 Å². The molecule has 3 rings (SSSR count). The lowest BCUT2D eigenvalue weighted by Gasteiger charge is -2.16. The molecular weight excluding hydrogens is 424 g/mol. The lowest BCUT2D eigenvalue weighted by atomic mass is 9.98. The smallest absolute Gasteiger partial charge is 0.407 e. The van der Waals surface area contributed by atoms with Crippen LogP contribution in [-0.2, 0) is 19.1 Å². The molecule has 1 aliphatic rings. The maximum atomic E-state index is 12.2. The Labute approximate surface area is 193 Å². The number of carboxylic acid groups (broad SMARTS) is 1. The molecule has 0 spiro atoms. The minimum atomic E-state index is -0.920. The van der Waals surface area contributed by atoms with Crippen LogP contribution in [0.25, 0.3) is 11.1 Å². The molecule has 0 fully saturated rings. The van der Waals surface area contributed by atoms with Gasteiger partial charge in [0, 0.05) is 25.4 Å². The van der Waals surface area contributed by atoms with E-state index in [0.29, 0.717) is 13.1 Å². The molecule has 1 unspecified atom stereocenters. The molecule has 8 nitrogen and oxygen atoms in total. The second kappa shape index (κ2) is 12.0. The number of benzene rings is 2. The molecule has 0 aliphatic heterocycles. The number of fused-ring (bicyclic) bond motifs is 3. The number of carboxylic acids is 1. The number of nitrogens with one attached hydrogen (secondary N) is 2. The molecule has 0 bridgehead atoms. The number of hydrogen-bond donors (Lipinski definition) is 3. The number of carbonyl (C=O) groups is 3. The van der Waals surface area contributed by atoms with Crippen LogP contribution < -0.4 is 10.6 Å². The van der Waals surface area contributed by atoms with Gasteiger partial charge in [-0.1, -0.05) is 55.5 Å². The molecule has 0 saturated carbocycles. The average molecular weight is 455 g/mol. The minimum Gasteiger partial charge on any atom is -0.481 e. The van der Waals surface area contributed by atoms with E-state index in [0.717, 1.165) is 11.1 Å². The van der Waals surface area contributed by atoms with E-state index < -0.39 is 12.1 Å². The zero-order valence-corrected chi connectivity index (χ0v) is 18.7. The summed E-state index contributed by atoms with van der Waals surface area (Å²) in [6.07, 6.45) is -0.318. The quantitative estimate of drug-likeness (QED) is 0.425. The van der Waals surface area contributed by atoms with Crippen LogP contribution in [0, 0.1) is 5.92 Å². The van der Waals surface area contributed by atoms with Crippen molar-refractivity contribution in [1.29, 1.82) is 0 Å². The highest BCUT2D eigenvalue weighted by Crippen LogP contribution is 2.44. The molecule has 0 radical (unpaired) electrons. The van der Waals surface area contributed by atoms with Crippen molar-refractivity contribution in [1.82, 2.24) is 10.6 Å². The second-order valence-corrected chi connectivity index (χ2v) is 8.12. The van der Waals surface area contributed by atoms with E-state index in [9.17, 15) is 14.4 Å². The van der Waals surface area contributed by atoms with E-state index in [1.165, 1.54) is 11.1 Å². The van der Waals surface area contributed by atoms with Crippen molar-refractivity contribution in [3.05, 3.63) is 59.7 Å². The van der Waals surface area contributed by atoms with E-state index in [1.54, 1.807) is 0 Å². The van der Waals surface area contributed by atoms with E-state index >= 15 is 0 Å². The first kappa shape index (κ1) is 24.3. The van der Waals surface area contributed by atoms with Crippen LogP contribution in [0.2, 0.25) is 0 Å². The molecule has 0 aromatic heterocycles. The van der Waals surface area contributed by atoms with E-state index in [1.807, 2.05) is 31.2 Å². The van der Waals surface area contributed by atoms with Gasteiger partial charge in [-0.3, -0.25) is 9.59 Å². The van der Waals surface area contributed by atoms with Crippen molar-refractivity contribution in [2.45, 2.75) is 25.7 Å². The Bertz CT molecular complexity index is 931. The number of amides is 2. The summed E-state index contributed by atoms with van der Waals surface area (Å²) in [5, 5.41) is 14.0. The number of hydrogen-bond acceptors (Lipinski definition) is 5. The Morgan fingerprint density at radius 1 is 0.970 bits per heavy atom. The predicted molar refractivity (Wildman–Crippen MR) is 123 cm³/mol. The topological polar surface area (TPSA) is 114 Å². The minimum absolute atomic E-state index is 0.00377. The normalized spacial score (nSPS) is 13.0. The largest absolute Gasteiger partial charge is 0.481 e. The number of ether oxygens (including phenoxy) is 2. The third-order valence-corrected chi connectivity index (χ3v) is 5.50. The third-order valence-electron chi connectivity index (χ3n) is 5.50. The van der Waals surface area contributed by atoms with Gasteiger partial charge in [-0.2, -0.15) is 0 Å². The molecule has 0 heterocycles. The van der Waals surface area contributed by atoms with Crippen LogP contribution in [0.5, 0.6) is 0 Å². The fourth-order valence-corrected chi connectivity index (χ4v) is 3.89. The first-order valence-corrected chi connectivity index (χ1v) is 11.1. The van der Waals surface area contributed by atoms with Crippen molar-refractivity contribution < 1.29 is 29.0 Å². The van der Waals surface area contributed by atoms with Crippen LogP contribution in [-0.4, -0.2) is 56.0 Å². The van der Waals surface area contributed by atoms with Crippen LogP contribution in [0.1, 0.15) is 36.8 Å². The lowest BCUT2D eigenvalue weighted by molar-refractivity contribution is -0.138. The Morgan fingerprint density at radius 2 is 1.61 bits per heavy atom. The van der Waals surface area contributed by atoms with Crippen LogP contribution in [0.4, 0.5) is 4.79 Å². The zero-order valence-electron chi connectivity index (χ0n) is 18.7. The van der Waals surface area contributed by atoms with Gasteiger partial charge in [0.2, 0.25) is 5.91 Å². The van der Waals surface area contributed by atoms with Crippen LogP contribution in [0.3, 0.4) is 0 Å². The van der Waals surface area contributed by atoms with Crippen molar-refractivity contribution in [3.8, 4) is 11.1 Å². The summed E-state index contributed by atoms with van der Waals surface area (Å²) >= 11 is 0. The summed E-state index contributed by atoms with van der Waals surface area (Å²) in [6, 6.07) is 16.3. The van der Waals surface area contributed by atoms with Gasteiger partial charge in [-0.25, -0.2) is 4.79 Å². The number of rotatable bonds is 12. The molecule has 0 saturated heterocycles. The molecule has 2 amide bonds. The van der Waals surface area contributed by atoms with Gasteiger partial charge in [0.05, 0.1) is 19.6 Å². The lowest BCUT2D eigenvalue weighted by Crippen LogP contribution is -2.33. The standard InChI is InChI=1S/C25H30N2O6/c1-17(14-23(28)26-11-13-32-12-10-24(29)30)15-27-25(31)33-16-22-20-8-4-2-6-18(20)19-7-3-5-9-21(19)22/h2-9,17,22H,10-16H2,1H3,(H,26,28)(H,27,31)(H,29,30). The van der Waals surface area contributed by atoms with Gasteiger partial charge in [0.15, 0.2) is 0 Å². The summed E-state index contributed by atoms with van der Waals surface area (Å²) in [5.41, 5.74) is 4.66.